The van der Waals surface area contributed by atoms with Crippen LogP contribution in [-0.4, -0.2) is 64.1 Å². The number of carbonyl (C=O) groups excluding carboxylic acids is 1. The summed E-state index contributed by atoms with van der Waals surface area (Å²) in [6, 6.07) is 9.42. The summed E-state index contributed by atoms with van der Waals surface area (Å²) in [7, 11) is 0. The highest BCUT2D eigenvalue weighted by molar-refractivity contribution is 6.06. The van der Waals surface area contributed by atoms with Gasteiger partial charge < -0.3 is 14.9 Å². The minimum atomic E-state index is -0.775. The van der Waals surface area contributed by atoms with E-state index in [0.29, 0.717) is 31.6 Å². The first-order valence-electron chi connectivity index (χ1n) is 8.72. The molecule has 3 heterocycles. The summed E-state index contributed by atoms with van der Waals surface area (Å²) in [6.07, 6.45) is 4.81. The van der Waals surface area contributed by atoms with E-state index in [0.717, 1.165) is 24.0 Å². The lowest BCUT2D eigenvalue weighted by Gasteiger charge is -2.28. The van der Waals surface area contributed by atoms with Crippen molar-refractivity contribution < 1.29 is 9.90 Å². The fourth-order valence-electron chi connectivity index (χ4n) is 3.98. The minimum absolute atomic E-state index is 0.00838. The van der Waals surface area contributed by atoms with Crippen molar-refractivity contribution in [1.29, 1.82) is 0 Å². The third kappa shape index (κ3) is 2.89. The number of nitrogens with zero attached hydrogens (tertiary/aromatic N) is 3. The van der Waals surface area contributed by atoms with Crippen molar-refractivity contribution >= 4 is 16.8 Å². The fourth-order valence-corrected chi connectivity index (χ4v) is 3.98. The number of hydrogen-bond donors (Lipinski definition) is 1. The van der Waals surface area contributed by atoms with Gasteiger partial charge in [-0.3, -0.25) is 9.78 Å². The summed E-state index contributed by atoms with van der Waals surface area (Å²) in [4.78, 5) is 21.4. The van der Waals surface area contributed by atoms with Gasteiger partial charge in [-0.2, -0.15) is 0 Å². The van der Waals surface area contributed by atoms with E-state index in [-0.39, 0.29) is 5.91 Å². The van der Waals surface area contributed by atoms with Gasteiger partial charge in [0.15, 0.2) is 0 Å². The third-order valence-electron chi connectivity index (χ3n) is 5.21. The average molecular weight is 325 g/mol. The summed E-state index contributed by atoms with van der Waals surface area (Å²) < 4.78 is 0. The number of benzene rings is 1. The average Bonchev–Trinajstić information content (AvgIpc) is 3.24. The van der Waals surface area contributed by atoms with Crippen LogP contribution in [-0.2, 0) is 0 Å². The smallest absolute Gasteiger partial charge is 0.254 e. The lowest BCUT2D eigenvalue weighted by atomic mass is 10.0. The molecule has 2 aliphatic rings. The van der Waals surface area contributed by atoms with Gasteiger partial charge in [0.05, 0.1) is 17.7 Å². The highest BCUT2D eigenvalue weighted by atomic mass is 16.3. The predicted octanol–water partition coefficient (Wildman–Crippen LogP) is 1.91. The normalized spacial score (nSPS) is 24.8. The highest BCUT2D eigenvalue weighted by Crippen LogP contribution is 2.27. The number of aliphatic hydroxyl groups is 1. The Balaban J connectivity index is 1.52. The molecular formula is C19H23N3O2. The standard InChI is InChI=1S/C19H23N3O2/c23-18(16-5-3-7-17-15(16)6-4-9-20-17)22-12-8-19(24,14-22)13-21-10-1-2-11-21/h3-7,9,24H,1-2,8,10-14H2/t19-/m1/s1. The largest absolute Gasteiger partial charge is 0.387 e. The van der Waals surface area contributed by atoms with Gasteiger partial charge in [-0.05, 0) is 50.6 Å². The molecule has 1 amide bonds. The summed E-state index contributed by atoms with van der Waals surface area (Å²) in [5, 5.41) is 11.8. The Morgan fingerprint density at radius 3 is 2.83 bits per heavy atom. The second-order valence-corrected chi connectivity index (χ2v) is 7.06. The number of likely N-dealkylation sites (tertiary alicyclic amines) is 2. The quantitative estimate of drug-likeness (QED) is 0.936. The van der Waals surface area contributed by atoms with Crippen molar-refractivity contribution in [1.82, 2.24) is 14.8 Å². The monoisotopic (exact) mass is 325 g/mol. The first kappa shape index (κ1) is 15.5. The molecule has 1 aromatic heterocycles. The zero-order valence-electron chi connectivity index (χ0n) is 13.8. The van der Waals surface area contributed by atoms with E-state index in [4.69, 9.17) is 0 Å². The minimum Gasteiger partial charge on any atom is -0.387 e. The van der Waals surface area contributed by atoms with Crippen LogP contribution in [0.25, 0.3) is 10.9 Å². The van der Waals surface area contributed by atoms with Crippen molar-refractivity contribution in [3.05, 3.63) is 42.1 Å². The summed E-state index contributed by atoms with van der Waals surface area (Å²) >= 11 is 0. The SMILES string of the molecule is O=C(c1cccc2ncccc12)N1CC[C@@](O)(CN2CCCC2)C1. The van der Waals surface area contributed by atoms with E-state index in [9.17, 15) is 9.90 Å². The summed E-state index contributed by atoms with van der Waals surface area (Å²) in [6.45, 7) is 3.82. The molecule has 1 aromatic carbocycles. The molecule has 2 aromatic rings. The Morgan fingerprint density at radius 1 is 1.17 bits per heavy atom. The van der Waals surface area contributed by atoms with E-state index in [1.807, 2.05) is 30.3 Å². The molecule has 0 aliphatic carbocycles. The van der Waals surface area contributed by atoms with Gasteiger partial charge in [0.2, 0.25) is 0 Å². The Morgan fingerprint density at radius 2 is 2.00 bits per heavy atom. The summed E-state index contributed by atoms with van der Waals surface area (Å²) in [5.41, 5.74) is 0.726. The van der Waals surface area contributed by atoms with Gasteiger partial charge in [-0.1, -0.05) is 12.1 Å². The van der Waals surface area contributed by atoms with Crippen molar-refractivity contribution in [2.24, 2.45) is 0 Å². The molecule has 5 nitrogen and oxygen atoms in total. The molecule has 2 fully saturated rings. The number of aromatic nitrogens is 1. The van der Waals surface area contributed by atoms with Gasteiger partial charge in [0.25, 0.3) is 5.91 Å². The van der Waals surface area contributed by atoms with Crippen LogP contribution in [0.2, 0.25) is 0 Å². The molecule has 1 atom stereocenters. The molecule has 0 bridgehead atoms. The van der Waals surface area contributed by atoms with Crippen molar-refractivity contribution in [3.8, 4) is 0 Å². The van der Waals surface area contributed by atoms with Gasteiger partial charge in [-0.25, -0.2) is 0 Å². The van der Waals surface area contributed by atoms with Crippen molar-refractivity contribution in [3.63, 3.8) is 0 Å². The molecule has 0 saturated carbocycles. The molecule has 2 saturated heterocycles. The van der Waals surface area contributed by atoms with E-state index in [1.165, 1.54) is 12.8 Å². The molecular weight excluding hydrogens is 302 g/mol. The molecule has 1 N–H and O–H groups in total. The summed E-state index contributed by atoms with van der Waals surface area (Å²) in [5.74, 6) is -0.00838. The van der Waals surface area contributed by atoms with E-state index >= 15 is 0 Å². The zero-order valence-corrected chi connectivity index (χ0v) is 13.8. The topological polar surface area (TPSA) is 56.7 Å². The number of carbonyl (C=O) groups is 1. The van der Waals surface area contributed by atoms with E-state index in [1.54, 1.807) is 11.1 Å². The lowest BCUT2D eigenvalue weighted by Crippen LogP contribution is -2.45. The predicted molar refractivity (Wildman–Crippen MR) is 92.9 cm³/mol. The second kappa shape index (κ2) is 6.15. The Labute approximate surface area is 141 Å². The van der Waals surface area contributed by atoms with Crippen LogP contribution >= 0.6 is 0 Å². The Kier molecular flexibility index (Phi) is 3.98. The Bertz CT molecular complexity index is 752. The first-order valence-corrected chi connectivity index (χ1v) is 8.72. The number of amides is 1. The van der Waals surface area contributed by atoms with Crippen LogP contribution in [0, 0.1) is 0 Å². The maximum atomic E-state index is 13.0. The maximum absolute atomic E-state index is 13.0. The third-order valence-corrected chi connectivity index (χ3v) is 5.21. The lowest BCUT2D eigenvalue weighted by molar-refractivity contribution is 0.0176. The number of hydrogen-bond acceptors (Lipinski definition) is 4. The van der Waals surface area contributed by atoms with Crippen molar-refractivity contribution in [2.45, 2.75) is 24.9 Å². The first-order chi connectivity index (χ1) is 11.6. The number of β-amino-alcohol motifs (C(OH)–C–C–N with tert-alkyl or cyclic N) is 1. The molecule has 4 rings (SSSR count). The second-order valence-electron chi connectivity index (χ2n) is 7.06. The van der Waals surface area contributed by atoms with E-state index < -0.39 is 5.60 Å². The van der Waals surface area contributed by atoms with Crippen LogP contribution in [0.3, 0.4) is 0 Å². The van der Waals surface area contributed by atoms with Crippen LogP contribution in [0.4, 0.5) is 0 Å². The molecule has 2 aliphatic heterocycles. The van der Waals surface area contributed by atoms with E-state index in [2.05, 4.69) is 9.88 Å². The fraction of sp³-hybridized carbons (Fsp3) is 0.474. The maximum Gasteiger partial charge on any atom is 0.254 e. The van der Waals surface area contributed by atoms with Gasteiger partial charge in [0, 0.05) is 30.2 Å². The molecule has 5 heteroatoms. The van der Waals surface area contributed by atoms with Gasteiger partial charge in [-0.15, -0.1) is 0 Å². The van der Waals surface area contributed by atoms with Crippen LogP contribution in [0.15, 0.2) is 36.5 Å². The van der Waals surface area contributed by atoms with Crippen LogP contribution in [0.1, 0.15) is 29.6 Å². The van der Waals surface area contributed by atoms with Crippen LogP contribution < -0.4 is 0 Å². The molecule has 126 valence electrons. The zero-order chi connectivity index (χ0) is 16.6. The number of rotatable bonds is 3. The number of pyridine rings is 1. The van der Waals surface area contributed by atoms with Crippen molar-refractivity contribution in [2.75, 3.05) is 32.7 Å². The van der Waals surface area contributed by atoms with Gasteiger partial charge >= 0.3 is 0 Å². The number of fused-ring (bicyclic) bond motifs is 1. The Hall–Kier alpha value is -1.98. The molecule has 24 heavy (non-hydrogen) atoms. The molecule has 0 spiro atoms. The van der Waals surface area contributed by atoms with Gasteiger partial charge in [0.1, 0.15) is 0 Å². The molecule has 0 radical (unpaired) electrons. The highest BCUT2D eigenvalue weighted by Gasteiger charge is 2.40. The van der Waals surface area contributed by atoms with Crippen LogP contribution in [0.5, 0.6) is 0 Å². The molecule has 0 unspecified atom stereocenters.